The molecule has 1 aromatic carbocycles. The number of nitrogens with one attached hydrogen (secondary N) is 3. The van der Waals surface area contributed by atoms with Crippen molar-refractivity contribution in [3.05, 3.63) is 29.8 Å². The first-order chi connectivity index (χ1) is 14.8. The Bertz CT molecular complexity index is 717. The van der Waals surface area contributed by atoms with Crippen LogP contribution >= 0.6 is 0 Å². The van der Waals surface area contributed by atoms with E-state index in [2.05, 4.69) is 25.8 Å². The number of carbonyl (C=O) groups excluding carboxylic acids is 1. The van der Waals surface area contributed by atoms with Gasteiger partial charge in [-0.2, -0.15) is 0 Å². The largest absolute Gasteiger partial charge is 0.387 e. The number of aliphatic hydroxyl groups is 1. The number of anilines is 1. The average Bonchev–Trinajstić information content (AvgIpc) is 2.75. The lowest BCUT2D eigenvalue weighted by atomic mass is 10.1. The van der Waals surface area contributed by atoms with E-state index in [0.29, 0.717) is 38.8 Å². The molecule has 8 nitrogen and oxygen atoms in total. The van der Waals surface area contributed by atoms with Crippen LogP contribution in [-0.2, 0) is 16.1 Å². The molecule has 31 heavy (non-hydrogen) atoms. The van der Waals surface area contributed by atoms with Gasteiger partial charge in [0.25, 0.3) is 0 Å². The van der Waals surface area contributed by atoms with Crippen LogP contribution in [-0.4, -0.2) is 73.4 Å². The first kappa shape index (κ1) is 25.1. The van der Waals surface area contributed by atoms with Gasteiger partial charge in [0.1, 0.15) is 0 Å². The molecule has 0 radical (unpaired) electrons. The molecule has 0 aromatic heterocycles. The van der Waals surface area contributed by atoms with E-state index in [1.54, 1.807) is 0 Å². The molecule has 1 aliphatic rings. The Morgan fingerprint density at radius 1 is 1.29 bits per heavy atom. The van der Waals surface area contributed by atoms with Crippen LogP contribution in [0.15, 0.2) is 29.3 Å². The number of nitrogens with zero attached hydrogens (tertiary/aromatic N) is 2. The van der Waals surface area contributed by atoms with Gasteiger partial charge < -0.3 is 25.8 Å². The van der Waals surface area contributed by atoms with Gasteiger partial charge in [0.05, 0.1) is 25.4 Å². The molecule has 174 valence electrons. The minimum Gasteiger partial charge on any atom is -0.387 e. The summed E-state index contributed by atoms with van der Waals surface area (Å²) in [6.45, 7) is 13.0. The number of carbonyl (C=O) groups is 1. The van der Waals surface area contributed by atoms with Crippen molar-refractivity contribution in [1.29, 1.82) is 0 Å². The third kappa shape index (κ3) is 9.25. The monoisotopic (exact) mass is 433 g/mol. The molecule has 0 saturated carbocycles. The molecule has 0 bridgehead atoms. The molecule has 1 aromatic rings. The standard InChI is InChI=1S/C23H39N5O3/c1-5-18(3)21(29)27-20-9-7-8-19(14-20)15-25-22(24-6-2)26-16-23(4,30)17-28-10-12-31-13-11-28/h7-9,14,18,30H,5-6,10-13,15-17H2,1-4H3,(H,27,29)(H2,24,25,26). The smallest absolute Gasteiger partial charge is 0.227 e. The predicted octanol–water partition coefficient (Wildman–Crippen LogP) is 1.81. The SMILES string of the molecule is CCNC(=NCc1cccc(NC(=O)C(C)CC)c1)NCC(C)(O)CN1CCOCC1. The van der Waals surface area contributed by atoms with Crippen molar-refractivity contribution in [3.8, 4) is 0 Å². The van der Waals surface area contributed by atoms with E-state index in [-0.39, 0.29) is 11.8 Å². The van der Waals surface area contributed by atoms with E-state index in [9.17, 15) is 9.90 Å². The van der Waals surface area contributed by atoms with Gasteiger partial charge in [0.2, 0.25) is 5.91 Å². The van der Waals surface area contributed by atoms with Crippen LogP contribution in [0.3, 0.4) is 0 Å². The quantitative estimate of drug-likeness (QED) is 0.332. The number of morpholine rings is 1. The molecule has 4 N–H and O–H groups in total. The second kappa shape index (κ2) is 12.6. The van der Waals surface area contributed by atoms with Gasteiger partial charge >= 0.3 is 0 Å². The highest BCUT2D eigenvalue weighted by molar-refractivity contribution is 5.92. The number of ether oxygens (including phenoxy) is 1. The highest BCUT2D eigenvalue weighted by Crippen LogP contribution is 2.14. The molecule has 0 spiro atoms. The Balaban J connectivity index is 1.92. The van der Waals surface area contributed by atoms with E-state index in [1.807, 2.05) is 52.0 Å². The van der Waals surface area contributed by atoms with Gasteiger partial charge in [-0.05, 0) is 38.0 Å². The highest BCUT2D eigenvalue weighted by Gasteiger charge is 2.25. The highest BCUT2D eigenvalue weighted by atomic mass is 16.5. The summed E-state index contributed by atoms with van der Waals surface area (Å²) in [5.41, 5.74) is 0.900. The van der Waals surface area contributed by atoms with Crippen molar-refractivity contribution in [2.75, 3.05) is 51.3 Å². The molecule has 2 rings (SSSR count). The number of benzene rings is 1. The third-order valence-corrected chi connectivity index (χ3v) is 5.32. The summed E-state index contributed by atoms with van der Waals surface area (Å²) in [6.07, 6.45) is 0.808. The van der Waals surface area contributed by atoms with Crippen LogP contribution in [0.5, 0.6) is 0 Å². The summed E-state index contributed by atoms with van der Waals surface area (Å²) in [5.74, 6) is 0.663. The Morgan fingerprint density at radius 2 is 2.03 bits per heavy atom. The van der Waals surface area contributed by atoms with Crippen molar-refractivity contribution >= 4 is 17.6 Å². The van der Waals surface area contributed by atoms with Crippen LogP contribution in [0.1, 0.15) is 39.7 Å². The number of rotatable bonds is 10. The third-order valence-electron chi connectivity index (χ3n) is 5.32. The molecule has 2 atom stereocenters. The maximum absolute atomic E-state index is 12.1. The van der Waals surface area contributed by atoms with Crippen molar-refractivity contribution in [3.63, 3.8) is 0 Å². The molecule has 1 saturated heterocycles. The Labute approximate surface area is 186 Å². The van der Waals surface area contributed by atoms with Gasteiger partial charge in [-0.1, -0.05) is 26.0 Å². The van der Waals surface area contributed by atoms with Crippen LogP contribution in [0.4, 0.5) is 5.69 Å². The van der Waals surface area contributed by atoms with Crippen LogP contribution < -0.4 is 16.0 Å². The number of aliphatic imine (C=N–C) groups is 1. The van der Waals surface area contributed by atoms with Gasteiger partial charge in [0.15, 0.2) is 5.96 Å². The molecule has 0 aliphatic carbocycles. The fourth-order valence-electron chi connectivity index (χ4n) is 3.28. The van der Waals surface area contributed by atoms with Gasteiger partial charge in [-0.15, -0.1) is 0 Å². The van der Waals surface area contributed by atoms with E-state index in [1.165, 1.54) is 0 Å². The zero-order chi connectivity index (χ0) is 22.7. The predicted molar refractivity (Wildman–Crippen MR) is 125 cm³/mol. The lowest BCUT2D eigenvalue weighted by Crippen LogP contribution is -2.52. The maximum Gasteiger partial charge on any atom is 0.227 e. The zero-order valence-electron chi connectivity index (χ0n) is 19.4. The zero-order valence-corrected chi connectivity index (χ0v) is 19.4. The first-order valence-corrected chi connectivity index (χ1v) is 11.3. The van der Waals surface area contributed by atoms with Gasteiger partial charge in [-0.25, -0.2) is 4.99 Å². The van der Waals surface area contributed by atoms with E-state index in [4.69, 9.17) is 4.74 Å². The molecular weight excluding hydrogens is 394 g/mol. The topological polar surface area (TPSA) is 98.2 Å². The second-order valence-electron chi connectivity index (χ2n) is 8.43. The minimum absolute atomic E-state index is 0.0171. The molecule has 1 aliphatic heterocycles. The summed E-state index contributed by atoms with van der Waals surface area (Å²) in [5, 5.41) is 20.2. The summed E-state index contributed by atoms with van der Waals surface area (Å²) < 4.78 is 5.37. The maximum atomic E-state index is 12.1. The number of guanidine groups is 1. The average molecular weight is 434 g/mol. The van der Waals surface area contributed by atoms with E-state index < -0.39 is 5.60 Å². The van der Waals surface area contributed by atoms with Gasteiger partial charge in [-0.3, -0.25) is 9.69 Å². The molecular formula is C23H39N5O3. The number of hydrogen-bond donors (Lipinski definition) is 4. The van der Waals surface area contributed by atoms with Crippen molar-refractivity contribution < 1.29 is 14.6 Å². The molecule has 1 heterocycles. The first-order valence-electron chi connectivity index (χ1n) is 11.3. The Hall–Kier alpha value is -2.16. The van der Waals surface area contributed by atoms with Crippen molar-refractivity contribution in [2.45, 2.75) is 46.3 Å². The lowest BCUT2D eigenvalue weighted by Gasteiger charge is -2.34. The Kier molecular flexibility index (Phi) is 10.2. The van der Waals surface area contributed by atoms with E-state index in [0.717, 1.165) is 37.3 Å². The summed E-state index contributed by atoms with van der Waals surface area (Å²) >= 11 is 0. The summed E-state index contributed by atoms with van der Waals surface area (Å²) in [4.78, 5) is 19.0. The van der Waals surface area contributed by atoms with Crippen LogP contribution in [0.2, 0.25) is 0 Å². The number of β-amino-alcohol motifs (C(OH)–C–C–N with tert-alkyl or cyclic N) is 1. The van der Waals surface area contributed by atoms with Crippen molar-refractivity contribution in [1.82, 2.24) is 15.5 Å². The van der Waals surface area contributed by atoms with E-state index >= 15 is 0 Å². The fourth-order valence-corrected chi connectivity index (χ4v) is 3.28. The van der Waals surface area contributed by atoms with Crippen LogP contribution in [0, 0.1) is 5.92 Å². The van der Waals surface area contributed by atoms with Gasteiger partial charge in [0, 0.05) is 44.3 Å². The number of hydrogen-bond acceptors (Lipinski definition) is 5. The lowest BCUT2D eigenvalue weighted by molar-refractivity contribution is -0.119. The minimum atomic E-state index is -0.881. The molecule has 1 fully saturated rings. The molecule has 1 amide bonds. The second-order valence-corrected chi connectivity index (χ2v) is 8.43. The Morgan fingerprint density at radius 3 is 2.71 bits per heavy atom. The molecule has 2 unspecified atom stereocenters. The fraction of sp³-hybridized carbons (Fsp3) is 0.652. The van der Waals surface area contributed by atoms with Crippen molar-refractivity contribution in [2.24, 2.45) is 10.9 Å². The number of amides is 1. The van der Waals surface area contributed by atoms with Crippen LogP contribution in [0.25, 0.3) is 0 Å². The summed E-state index contributed by atoms with van der Waals surface area (Å²) in [7, 11) is 0. The normalized spacial score (nSPS) is 18.2. The molecule has 8 heteroatoms. The summed E-state index contributed by atoms with van der Waals surface area (Å²) in [6, 6.07) is 7.74.